The number of rotatable bonds is 11. The van der Waals surface area contributed by atoms with Crippen LogP contribution in [0.15, 0.2) is 12.7 Å². The fraction of sp³-hybridized carbons (Fsp3) is 0.773. The molecular weight excluding hydrogens is 468 g/mol. The van der Waals surface area contributed by atoms with Gasteiger partial charge in [0.25, 0.3) is 0 Å². The van der Waals surface area contributed by atoms with E-state index in [4.69, 9.17) is 4.74 Å². The van der Waals surface area contributed by atoms with E-state index >= 15 is 0 Å². The Kier molecular flexibility index (Phi) is 7.48. The van der Waals surface area contributed by atoms with Gasteiger partial charge in [0.1, 0.15) is 11.6 Å². The number of aliphatic hydroxyl groups is 1. The third kappa shape index (κ3) is 3.82. The van der Waals surface area contributed by atoms with Crippen molar-refractivity contribution in [1.82, 2.24) is 9.80 Å². The third-order valence-electron chi connectivity index (χ3n) is 7.01. The molecule has 2 bridgehead atoms. The van der Waals surface area contributed by atoms with Crippen LogP contribution in [0.1, 0.15) is 46.0 Å². The summed E-state index contributed by atoms with van der Waals surface area (Å²) in [5, 5.41) is 19.9. The molecular formula is C22H33BrN2O6. The molecule has 3 rings (SSSR count). The van der Waals surface area contributed by atoms with E-state index in [1.165, 1.54) is 4.90 Å². The standard InChI is InChI=1S/C22H33BrN2O6/c1-4-7-8-10-24(9-5-2)20(28)18-22-11-14(23)17(31-22)15(21(29)30)16(22)19(27)25(18)13(6-3)12-26/h5,13-18,26H,2,4,6-12H2,1,3H3,(H,29,30)/t13-,14?,15-,16+,17-,18-,22+/m0/s1. The van der Waals surface area contributed by atoms with E-state index < -0.39 is 47.5 Å². The van der Waals surface area contributed by atoms with E-state index in [-0.39, 0.29) is 17.3 Å². The molecule has 0 aromatic carbocycles. The number of aliphatic hydroxyl groups excluding tert-OH is 1. The fourth-order valence-corrected chi connectivity index (χ4v) is 6.55. The highest BCUT2D eigenvalue weighted by Gasteiger charge is 2.77. The first-order valence-corrected chi connectivity index (χ1v) is 12.1. The summed E-state index contributed by atoms with van der Waals surface area (Å²) >= 11 is 3.53. The number of hydrogen-bond acceptors (Lipinski definition) is 5. The average molecular weight is 501 g/mol. The highest BCUT2D eigenvalue weighted by atomic mass is 79.9. The van der Waals surface area contributed by atoms with Crippen molar-refractivity contribution in [3.05, 3.63) is 12.7 Å². The van der Waals surface area contributed by atoms with Crippen LogP contribution in [0.25, 0.3) is 0 Å². The zero-order valence-corrected chi connectivity index (χ0v) is 19.8. The number of nitrogens with zero attached hydrogens (tertiary/aromatic N) is 2. The number of hydrogen-bond donors (Lipinski definition) is 2. The Hall–Kier alpha value is -1.45. The number of aliphatic carboxylic acids is 1. The maximum atomic E-state index is 13.9. The first-order chi connectivity index (χ1) is 14.8. The third-order valence-corrected chi connectivity index (χ3v) is 7.86. The first kappa shape index (κ1) is 24.2. The van der Waals surface area contributed by atoms with E-state index in [2.05, 4.69) is 29.4 Å². The van der Waals surface area contributed by atoms with E-state index in [0.29, 0.717) is 25.9 Å². The molecule has 0 radical (unpaired) electrons. The molecule has 31 heavy (non-hydrogen) atoms. The van der Waals surface area contributed by atoms with Gasteiger partial charge in [-0.1, -0.05) is 48.7 Å². The van der Waals surface area contributed by atoms with Gasteiger partial charge < -0.3 is 24.7 Å². The van der Waals surface area contributed by atoms with Crippen molar-refractivity contribution in [3.63, 3.8) is 0 Å². The van der Waals surface area contributed by atoms with Gasteiger partial charge in [0, 0.05) is 17.9 Å². The number of alkyl halides is 1. The fourth-order valence-electron chi connectivity index (χ4n) is 5.61. The van der Waals surface area contributed by atoms with E-state index in [9.17, 15) is 24.6 Å². The van der Waals surface area contributed by atoms with Crippen molar-refractivity contribution in [3.8, 4) is 0 Å². The monoisotopic (exact) mass is 500 g/mol. The smallest absolute Gasteiger partial charge is 0.310 e. The molecule has 0 aromatic rings. The minimum absolute atomic E-state index is 0.255. The van der Waals surface area contributed by atoms with Crippen LogP contribution >= 0.6 is 15.9 Å². The number of carboxylic acids is 1. The Morgan fingerprint density at radius 1 is 1.42 bits per heavy atom. The zero-order chi connectivity index (χ0) is 22.9. The van der Waals surface area contributed by atoms with E-state index in [1.54, 1.807) is 11.0 Å². The second kappa shape index (κ2) is 9.58. The summed E-state index contributed by atoms with van der Waals surface area (Å²) in [6.45, 7) is 8.25. The van der Waals surface area contributed by atoms with Gasteiger partial charge in [0.2, 0.25) is 11.8 Å². The molecule has 1 unspecified atom stereocenters. The van der Waals surface area contributed by atoms with Crippen LogP contribution in [0.5, 0.6) is 0 Å². The number of carbonyl (C=O) groups is 3. The van der Waals surface area contributed by atoms with Crippen LogP contribution in [0, 0.1) is 11.8 Å². The molecule has 3 aliphatic heterocycles. The number of carbonyl (C=O) groups excluding carboxylic acids is 2. The van der Waals surface area contributed by atoms with Crippen LogP contribution < -0.4 is 0 Å². The van der Waals surface area contributed by atoms with Crippen molar-refractivity contribution >= 4 is 33.7 Å². The Balaban J connectivity index is 2.05. The normalized spacial score (nSPS) is 34.6. The largest absolute Gasteiger partial charge is 0.481 e. The van der Waals surface area contributed by atoms with Crippen LogP contribution in [0.3, 0.4) is 0 Å². The van der Waals surface area contributed by atoms with Gasteiger partial charge in [-0.25, -0.2) is 0 Å². The first-order valence-electron chi connectivity index (χ1n) is 11.2. The second-order valence-electron chi connectivity index (χ2n) is 8.77. The topological polar surface area (TPSA) is 107 Å². The molecule has 3 fully saturated rings. The molecule has 1 spiro atoms. The molecule has 174 valence electrons. The van der Waals surface area contributed by atoms with Gasteiger partial charge in [-0.05, 0) is 19.3 Å². The predicted octanol–water partition coefficient (Wildman–Crippen LogP) is 1.79. The Morgan fingerprint density at radius 3 is 2.68 bits per heavy atom. The summed E-state index contributed by atoms with van der Waals surface area (Å²) in [5.74, 6) is -3.70. The molecule has 7 atom stereocenters. The van der Waals surface area contributed by atoms with Gasteiger partial charge >= 0.3 is 5.97 Å². The van der Waals surface area contributed by atoms with Crippen LogP contribution in [-0.4, -0.2) is 86.1 Å². The number of unbranched alkanes of at least 4 members (excludes halogenated alkanes) is 2. The Labute approximate surface area is 191 Å². The molecule has 0 aromatic heterocycles. The number of ether oxygens (including phenoxy) is 1. The van der Waals surface area contributed by atoms with E-state index in [1.807, 2.05) is 6.92 Å². The molecule has 0 aliphatic carbocycles. The van der Waals surface area contributed by atoms with Crippen LogP contribution in [-0.2, 0) is 19.1 Å². The van der Waals surface area contributed by atoms with Crippen molar-refractivity contribution in [2.24, 2.45) is 11.8 Å². The van der Waals surface area contributed by atoms with Crippen molar-refractivity contribution in [2.75, 3.05) is 19.7 Å². The van der Waals surface area contributed by atoms with Crippen molar-refractivity contribution < 1.29 is 29.3 Å². The summed E-state index contributed by atoms with van der Waals surface area (Å²) in [4.78, 5) is 42.4. The SMILES string of the molecule is C=CCN(CCCCC)C(=O)[C@@H]1N([C@@H](CC)CO)C(=O)[C@H]2[C@H](C(=O)O)[C@H]3O[C@@]12CC3Br. The summed E-state index contributed by atoms with van der Waals surface area (Å²) < 4.78 is 6.25. The maximum absolute atomic E-state index is 13.9. The molecule has 0 saturated carbocycles. The van der Waals surface area contributed by atoms with Gasteiger partial charge in [-0.15, -0.1) is 6.58 Å². The highest BCUT2D eigenvalue weighted by Crippen LogP contribution is 2.60. The molecule has 3 heterocycles. The summed E-state index contributed by atoms with van der Waals surface area (Å²) in [6.07, 6.45) is 4.63. The Morgan fingerprint density at radius 2 is 2.13 bits per heavy atom. The summed E-state index contributed by atoms with van der Waals surface area (Å²) in [6, 6.07) is -1.54. The highest BCUT2D eigenvalue weighted by molar-refractivity contribution is 9.09. The average Bonchev–Trinajstić information content (AvgIpc) is 3.32. The predicted molar refractivity (Wildman–Crippen MR) is 118 cm³/mol. The minimum Gasteiger partial charge on any atom is -0.481 e. The second-order valence-corrected chi connectivity index (χ2v) is 9.95. The molecule has 8 nitrogen and oxygen atoms in total. The van der Waals surface area contributed by atoms with Crippen LogP contribution in [0.2, 0.25) is 0 Å². The Bertz CT molecular complexity index is 729. The quantitative estimate of drug-likeness (QED) is 0.254. The molecule has 2 amide bonds. The van der Waals surface area contributed by atoms with E-state index in [0.717, 1.165) is 19.3 Å². The zero-order valence-electron chi connectivity index (χ0n) is 18.2. The number of amides is 2. The molecule has 9 heteroatoms. The van der Waals surface area contributed by atoms with Crippen molar-refractivity contribution in [2.45, 2.75) is 74.6 Å². The minimum atomic E-state index is -1.21. The van der Waals surface area contributed by atoms with Gasteiger partial charge in [0.05, 0.1) is 30.6 Å². The lowest BCUT2D eigenvalue weighted by atomic mass is 9.70. The molecule has 3 saturated heterocycles. The number of carboxylic acid groups (broad SMARTS) is 1. The molecule has 3 aliphatic rings. The van der Waals surface area contributed by atoms with Gasteiger partial charge in [-0.3, -0.25) is 14.4 Å². The van der Waals surface area contributed by atoms with Gasteiger partial charge in [0.15, 0.2) is 0 Å². The number of halogens is 1. The number of fused-ring (bicyclic) bond motifs is 1. The lowest BCUT2D eigenvalue weighted by molar-refractivity contribution is -0.153. The van der Waals surface area contributed by atoms with Gasteiger partial charge in [-0.2, -0.15) is 0 Å². The summed E-state index contributed by atoms with van der Waals surface area (Å²) in [7, 11) is 0. The maximum Gasteiger partial charge on any atom is 0.310 e. The molecule has 2 N–H and O–H groups in total. The van der Waals surface area contributed by atoms with Crippen LogP contribution in [0.4, 0.5) is 0 Å². The van der Waals surface area contributed by atoms with Crippen molar-refractivity contribution in [1.29, 1.82) is 0 Å². The summed E-state index contributed by atoms with van der Waals surface area (Å²) in [5.41, 5.74) is -1.21. The number of likely N-dealkylation sites (tertiary alicyclic amines) is 1. The lowest BCUT2D eigenvalue weighted by Crippen LogP contribution is -2.59. The lowest BCUT2D eigenvalue weighted by Gasteiger charge is -2.39.